The van der Waals surface area contributed by atoms with Crippen LogP contribution >= 0.6 is 12.4 Å². The van der Waals surface area contributed by atoms with Crippen LogP contribution in [-0.2, 0) is 11.3 Å². The summed E-state index contributed by atoms with van der Waals surface area (Å²) in [5.74, 6) is 0.492. The summed E-state index contributed by atoms with van der Waals surface area (Å²) in [6.45, 7) is 5.08. The molecule has 1 saturated heterocycles. The first kappa shape index (κ1) is 16.8. The van der Waals surface area contributed by atoms with Crippen LogP contribution in [0.1, 0.15) is 18.9 Å². The van der Waals surface area contributed by atoms with Crippen molar-refractivity contribution < 1.29 is 9.53 Å². The van der Waals surface area contributed by atoms with Gasteiger partial charge in [-0.15, -0.1) is 12.4 Å². The highest BCUT2D eigenvalue weighted by Crippen LogP contribution is 2.19. The first-order valence-electron chi connectivity index (χ1n) is 6.80. The van der Waals surface area contributed by atoms with Crippen molar-refractivity contribution >= 4 is 18.5 Å². The number of hydrogen-bond donors (Lipinski definition) is 1. The molecule has 2 rings (SSSR count). The number of hydrogen-bond acceptors (Lipinski definition) is 3. The average Bonchev–Trinajstić information content (AvgIpc) is 2.43. The lowest BCUT2D eigenvalue weighted by Crippen LogP contribution is -2.51. The number of amides is 1. The largest absolute Gasteiger partial charge is 0.453 e. The molecule has 20 heavy (non-hydrogen) atoms. The number of ether oxygens (including phenoxy) is 1. The van der Waals surface area contributed by atoms with E-state index in [0.29, 0.717) is 5.92 Å². The molecule has 1 aliphatic rings. The second kappa shape index (κ2) is 8.12. The highest BCUT2D eigenvalue weighted by atomic mass is 35.5. The molecule has 1 fully saturated rings. The Hall–Kier alpha value is -1.26. The average molecular weight is 299 g/mol. The molecule has 0 radical (unpaired) electrons. The van der Waals surface area contributed by atoms with Crippen molar-refractivity contribution in [2.24, 2.45) is 5.92 Å². The van der Waals surface area contributed by atoms with Crippen molar-refractivity contribution in [3.63, 3.8) is 0 Å². The summed E-state index contributed by atoms with van der Waals surface area (Å²) in [6.07, 6.45) is 0.764. The van der Waals surface area contributed by atoms with Crippen LogP contribution in [0.5, 0.6) is 0 Å². The predicted octanol–water partition coefficient (Wildman–Crippen LogP) is 2.67. The molecule has 1 aromatic rings. The SMILES string of the molecule is COC(=O)N[C@@H]1CN(Cc2ccccc2)CC[C@@H]1C.Cl. The third-order valence-corrected chi connectivity index (χ3v) is 3.78. The number of rotatable bonds is 3. The van der Waals surface area contributed by atoms with Gasteiger partial charge in [0.1, 0.15) is 0 Å². The molecule has 0 aliphatic carbocycles. The lowest BCUT2D eigenvalue weighted by Gasteiger charge is -2.37. The summed E-state index contributed by atoms with van der Waals surface area (Å²) < 4.78 is 4.69. The smallest absolute Gasteiger partial charge is 0.407 e. The van der Waals surface area contributed by atoms with E-state index in [1.807, 2.05) is 6.07 Å². The minimum atomic E-state index is -0.335. The van der Waals surface area contributed by atoms with Crippen LogP contribution < -0.4 is 5.32 Å². The molecular formula is C15H23ClN2O2. The fraction of sp³-hybridized carbons (Fsp3) is 0.533. The third kappa shape index (κ3) is 4.69. The van der Waals surface area contributed by atoms with Crippen molar-refractivity contribution in [1.82, 2.24) is 10.2 Å². The molecular weight excluding hydrogens is 276 g/mol. The van der Waals surface area contributed by atoms with Gasteiger partial charge in [0, 0.05) is 19.1 Å². The summed E-state index contributed by atoms with van der Waals surface area (Å²) in [5.41, 5.74) is 1.31. The highest BCUT2D eigenvalue weighted by Gasteiger charge is 2.27. The Morgan fingerprint density at radius 3 is 2.75 bits per heavy atom. The van der Waals surface area contributed by atoms with Gasteiger partial charge < -0.3 is 10.1 Å². The number of nitrogens with one attached hydrogen (secondary N) is 1. The van der Waals surface area contributed by atoms with Gasteiger partial charge in [0.25, 0.3) is 0 Å². The second-order valence-electron chi connectivity index (χ2n) is 5.23. The summed E-state index contributed by atoms with van der Waals surface area (Å²) in [5, 5.41) is 2.93. The maximum atomic E-state index is 11.3. The summed E-state index contributed by atoms with van der Waals surface area (Å²) in [6, 6.07) is 10.6. The van der Waals surface area contributed by atoms with Crippen LogP contribution in [0.3, 0.4) is 0 Å². The van der Waals surface area contributed by atoms with Crippen molar-refractivity contribution in [2.75, 3.05) is 20.2 Å². The zero-order valence-electron chi connectivity index (χ0n) is 12.0. The number of nitrogens with zero attached hydrogens (tertiary/aromatic N) is 1. The molecule has 0 spiro atoms. The molecule has 0 aromatic heterocycles. The van der Waals surface area contributed by atoms with Gasteiger partial charge in [-0.2, -0.15) is 0 Å². The van der Waals surface area contributed by atoms with Crippen molar-refractivity contribution in [2.45, 2.75) is 25.9 Å². The maximum Gasteiger partial charge on any atom is 0.407 e. The normalized spacial score (nSPS) is 22.7. The van der Waals surface area contributed by atoms with Gasteiger partial charge in [-0.25, -0.2) is 4.79 Å². The first-order chi connectivity index (χ1) is 9.19. The number of halogens is 1. The van der Waals surface area contributed by atoms with Crippen LogP contribution in [-0.4, -0.2) is 37.2 Å². The van der Waals surface area contributed by atoms with Gasteiger partial charge in [-0.05, 0) is 24.4 Å². The number of piperidine rings is 1. The molecule has 2 atom stereocenters. The Morgan fingerprint density at radius 1 is 1.40 bits per heavy atom. The van der Waals surface area contributed by atoms with Gasteiger partial charge >= 0.3 is 6.09 Å². The Balaban J connectivity index is 0.00000200. The number of methoxy groups -OCH3 is 1. The number of carbonyl (C=O) groups is 1. The van der Waals surface area contributed by atoms with Gasteiger partial charge in [0.15, 0.2) is 0 Å². The molecule has 1 N–H and O–H groups in total. The van der Waals surface area contributed by atoms with E-state index < -0.39 is 0 Å². The molecule has 112 valence electrons. The van der Waals surface area contributed by atoms with E-state index >= 15 is 0 Å². The van der Waals surface area contributed by atoms with Gasteiger partial charge in [0.2, 0.25) is 0 Å². The standard InChI is InChI=1S/C15H22N2O2.ClH/c1-12-8-9-17(10-13-6-4-3-5-7-13)11-14(12)16-15(18)19-2;/h3-7,12,14H,8-11H2,1-2H3,(H,16,18);1H/t12-,14+;/m0./s1. The Labute approximate surface area is 126 Å². The lowest BCUT2D eigenvalue weighted by atomic mass is 9.93. The Bertz CT molecular complexity index is 414. The van der Waals surface area contributed by atoms with Gasteiger partial charge in [-0.3, -0.25) is 4.90 Å². The molecule has 1 heterocycles. The number of likely N-dealkylation sites (tertiary alicyclic amines) is 1. The summed E-state index contributed by atoms with van der Waals surface area (Å²) in [4.78, 5) is 13.7. The fourth-order valence-corrected chi connectivity index (χ4v) is 2.52. The van der Waals surface area contributed by atoms with E-state index in [1.165, 1.54) is 12.7 Å². The van der Waals surface area contributed by atoms with Crippen molar-refractivity contribution in [1.29, 1.82) is 0 Å². The Morgan fingerprint density at radius 2 is 2.10 bits per heavy atom. The maximum absolute atomic E-state index is 11.3. The van der Waals surface area contributed by atoms with Gasteiger partial charge in [-0.1, -0.05) is 37.3 Å². The van der Waals surface area contributed by atoms with Crippen molar-refractivity contribution in [3.8, 4) is 0 Å². The molecule has 0 bridgehead atoms. The minimum absolute atomic E-state index is 0. The molecule has 1 aliphatic heterocycles. The molecule has 0 saturated carbocycles. The van der Waals surface area contributed by atoms with Crippen LogP contribution in [0.2, 0.25) is 0 Å². The van der Waals surface area contributed by atoms with Gasteiger partial charge in [0.05, 0.1) is 7.11 Å². The van der Waals surface area contributed by atoms with Crippen LogP contribution in [0.4, 0.5) is 4.79 Å². The monoisotopic (exact) mass is 298 g/mol. The minimum Gasteiger partial charge on any atom is -0.453 e. The quantitative estimate of drug-likeness (QED) is 0.933. The third-order valence-electron chi connectivity index (χ3n) is 3.78. The Kier molecular flexibility index (Phi) is 6.82. The molecule has 5 heteroatoms. The zero-order valence-corrected chi connectivity index (χ0v) is 12.9. The molecule has 1 amide bonds. The first-order valence-corrected chi connectivity index (χ1v) is 6.80. The van der Waals surface area contributed by atoms with Crippen molar-refractivity contribution in [3.05, 3.63) is 35.9 Å². The fourth-order valence-electron chi connectivity index (χ4n) is 2.52. The molecule has 1 aromatic carbocycles. The highest BCUT2D eigenvalue weighted by molar-refractivity contribution is 5.85. The molecule has 4 nitrogen and oxygen atoms in total. The molecule has 0 unspecified atom stereocenters. The van der Waals surface area contributed by atoms with Crippen LogP contribution in [0.15, 0.2) is 30.3 Å². The predicted molar refractivity (Wildman–Crippen MR) is 82.1 cm³/mol. The van der Waals surface area contributed by atoms with Crippen LogP contribution in [0.25, 0.3) is 0 Å². The number of carbonyl (C=O) groups excluding carboxylic acids is 1. The second-order valence-corrected chi connectivity index (χ2v) is 5.23. The lowest BCUT2D eigenvalue weighted by molar-refractivity contribution is 0.123. The van der Waals surface area contributed by atoms with E-state index in [4.69, 9.17) is 0 Å². The van der Waals surface area contributed by atoms with E-state index in [0.717, 1.165) is 26.1 Å². The number of benzene rings is 1. The number of alkyl carbamates (subject to hydrolysis) is 1. The van der Waals surface area contributed by atoms with Crippen LogP contribution in [0, 0.1) is 5.92 Å². The summed E-state index contributed by atoms with van der Waals surface area (Å²) in [7, 11) is 1.41. The van der Waals surface area contributed by atoms with E-state index in [9.17, 15) is 4.79 Å². The van der Waals surface area contributed by atoms with E-state index in [1.54, 1.807) is 0 Å². The topological polar surface area (TPSA) is 41.6 Å². The zero-order chi connectivity index (χ0) is 13.7. The van der Waals surface area contributed by atoms with E-state index in [2.05, 4.69) is 46.1 Å². The van der Waals surface area contributed by atoms with E-state index in [-0.39, 0.29) is 24.5 Å². The summed E-state index contributed by atoms with van der Waals surface area (Å²) >= 11 is 0.